The molecule has 0 amide bonds. The van der Waals surface area contributed by atoms with Crippen LogP contribution in [0, 0.1) is 11.3 Å². The van der Waals surface area contributed by atoms with Crippen LogP contribution in [-0.4, -0.2) is 15.4 Å². The Bertz CT molecular complexity index is 349. The average molecular weight is 178 g/mol. The molecular formula is C8H6N2OS. The molecule has 4 heteroatoms. The van der Waals surface area contributed by atoms with Gasteiger partial charge in [0, 0.05) is 6.42 Å². The highest BCUT2D eigenvalue weighted by atomic mass is 32.2. The Morgan fingerprint density at radius 1 is 1.67 bits per heavy atom. The summed E-state index contributed by atoms with van der Waals surface area (Å²) >= 11 is 1.42. The Morgan fingerprint density at radius 2 is 2.50 bits per heavy atom. The maximum atomic E-state index is 9.18. The van der Waals surface area contributed by atoms with E-state index >= 15 is 0 Å². The number of hydrogen-bond acceptors (Lipinski definition) is 4. The molecule has 0 bridgehead atoms. The van der Waals surface area contributed by atoms with Gasteiger partial charge in [-0.25, -0.2) is 4.99 Å². The highest BCUT2D eigenvalue weighted by molar-refractivity contribution is 8.15. The summed E-state index contributed by atoms with van der Waals surface area (Å²) in [4.78, 5) is 4.09. The van der Waals surface area contributed by atoms with Crippen molar-refractivity contribution in [3.05, 3.63) is 23.6 Å². The van der Waals surface area contributed by atoms with E-state index in [2.05, 4.69) is 4.99 Å². The van der Waals surface area contributed by atoms with Crippen LogP contribution in [0.4, 0.5) is 0 Å². The molecule has 0 saturated heterocycles. The first-order valence-electron chi connectivity index (χ1n) is 3.55. The molecule has 0 aromatic rings. The lowest BCUT2D eigenvalue weighted by Gasteiger charge is -2.11. The largest absolute Gasteiger partial charge is 0.512 e. The molecule has 1 unspecified atom stereocenters. The minimum Gasteiger partial charge on any atom is -0.512 e. The quantitative estimate of drug-likeness (QED) is 0.614. The lowest BCUT2D eigenvalue weighted by atomic mass is 10.1. The Morgan fingerprint density at radius 3 is 3.25 bits per heavy atom. The molecule has 0 spiro atoms. The van der Waals surface area contributed by atoms with Crippen molar-refractivity contribution >= 4 is 16.8 Å². The first-order valence-corrected chi connectivity index (χ1v) is 4.43. The van der Waals surface area contributed by atoms with Crippen molar-refractivity contribution in [3.8, 4) is 6.07 Å². The van der Waals surface area contributed by atoms with Gasteiger partial charge in [-0.05, 0) is 12.2 Å². The SMILES string of the molecule is N#CC1=NC2=CC=C(O)CC2S1. The number of fused-ring (bicyclic) bond motifs is 1. The maximum Gasteiger partial charge on any atom is 0.174 e. The van der Waals surface area contributed by atoms with E-state index in [-0.39, 0.29) is 5.25 Å². The second kappa shape index (κ2) is 2.68. The van der Waals surface area contributed by atoms with Crippen LogP contribution in [0.1, 0.15) is 6.42 Å². The minimum atomic E-state index is 0.157. The van der Waals surface area contributed by atoms with Gasteiger partial charge in [0.15, 0.2) is 5.04 Å². The number of nitrogens with zero attached hydrogens (tertiary/aromatic N) is 2. The Labute approximate surface area is 74.1 Å². The lowest BCUT2D eigenvalue weighted by Crippen LogP contribution is -2.06. The molecule has 2 aliphatic rings. The van der Waals surface area contributed by atoms with E-state index in [1.165, 1.54) is 11.8 Å². The highest BCUT2D eigenvalue weighted by Gasteiger charge is 2.27. The third kappa shape index (κ3) is 1.12. The summed E-state index contributed by atoms with van der Waals surface area (Å²) in [5, 5.41) is 18.4. The van der Waals surface area contributed by atoms with Crippen LogP contribution in [0.3, 0.4) is 0 Å². The van der Waals surface area contributed by atoms with E-state index in [1.54, 1.807) is 12.2 Å². The Balaban J connectivity index is 2.29. The van der Waals surface area contributed by atoms with Crippen molar-refractivity contribution < 1.29 is 5.11 Å². The summed E-state index contributed by atoms with van der Waals surface area (Å²) in [6.45, 7) is 0. The summed E-state index contributed by atoms with van der Waals surface area (Å²) in [5.74, 6) is 0.366. The van der Waals surface area contributed by atoms with Gasteiger partial charge in [0.2, 0.25) is 0 Å². The second-order valence-electron chi connectivity index (χ2n) is 2.59. The molecule has 12 heavy (non-hydrogen) atoms. The number of nitriles is 1. The highest BCUT2D eigenvalue weighted by Crippen LogP contribution is 2.35. The topological polar surface area (TPSA) is 56.4 Å². The van der Waals surface area contributed by atoms with E-state index in [4.69, 9.17) is 5.26 Å². The molecular weight excluding hydrogens is 172 g/mol. The van der Waals surface area contributed by atoms with Gasteiger partial charge in [-0.2, -0.15) is 5.26 Å². The second-order valence-corrected chi connectivity index (χ2v) is 3.78. The van der Waals surface area contributed by atoms with E-state index in [0.717, 1.165) is 5.70 Å². The molecule has 1 aliphatic carbocycles. The summed E-state index contributed by atoms with van der Waals surface area (Å²) in [7, 11) is 0. The molecule has 2 rings (SSSR count). The molecule has 1 aliphatic heterocycles. The van der Waals surface area contributed by atoms with Crippen LogP contribution in [-0.2, 0) is 0 Å². The first kappa shape index (κ1) is 7.44. The number of hydrogen-bond donors (Lipinski definition) is 1. The maximum absolute atomic E-state index is 9.18. The fourth-order valence-corrected chi connectivity index (χ4v) is 2.18. The zero-order valence-corrected chi connectivity index (χ0v) is 7.01. The lowest BCUT2D eigenvalue weighted by molar-refractivity contribution is 0.387. The Hall–Kier alpha value is -1.21. The molecule has 1 heterocycles. The van der Waals surface area contributed by atoms with E-state index in [9.17, 15) is 5.11 Å². The van der Waals surface area contributed by atoms with Crippen molar-refractivity contribution in [2.45, 2.75) is 11.7 Å². The van der Waals surface area contributed by atoms with Gasteiger partial charge in [0.1, 0.15) is 6.07 Å². The molecule has 0 fully saturated rings. The van der Waals surface area contributed by atoms with Crippen LogP contribution in [0.5, 0.6) is 0 Å². The third-order valence-electron chi connectivity index (χ3n) is 1.75. The van der Waals surface area contributed by atoms with Gasteiger partial charge in [0.25, 0.3) is 0 Å². The number of allylic oxidation sites excluding steroid dienone is 3. The molecule has 3 nitrogen and oxygen atoms in total. The van der Waals surface area contributed by atoms with Gasteiger partial charge in [-0.15, -0.1) is 0 Å². The molecule has 0 radical (unpaired) electrons. The van der Waals surface area contributed by atoms with Crippen LogP contribution in [0.25, 0.3) is 0 Å². The first-order chi connectivity index (χ1) is 5.79. The van der Waals surface area contributed by atoms with E-state index in [1.807, 2.05) is 6.07 Å². The number of aliphatic hydroxyl groups excluding tert-OH is 1. The van der Waals surface area contributed by atoms with Crippen molar-refractivity contribution in [3.63, 3.8) is 0 Å². The monoisotopic (exact) mass is 178 g/mol. The summed E-state index contributed by atoms with van der Waals surface area (Å²) in [6, 6.07) is 2.00. The van der Waals surface area contributed by atoms with Crippen molar-refractivity contribution in [2.75, 3.05) is 0 Å². The zero-order valence-electron chi connectivity index (χ0n) is 6.19. The molecule has 1 atom stereocenters. The average Bonchev–Trinajstić information content (AvgIpc) is 2.46. The minimum absolute atomic E-state index is 0.157. The smallest absolute Gasteiger partial charge is 0.174 e. The standard InChI is InChI=1S/C8H6N2OS/c9-4-8-10-6-2-1-5(11)3-7(6)12-8/h1-2,7,11H,3H2. The zero-order chi connectivity index (χ0) is 8.55. The Kier molecular flexibility index (Phi) is 1.66. The van der Waals surface area contributed by atoms with Crippen LogP contribution in [0.15, 0.2) is 28.6 Å². The van der Waals surface area contributed by atoms with E-state index in [0.29, 0.717) is 17.2 Å². The van der Waals surface area contributed by atoms with Gasteiger partial charge in [0.05, 0.1) is 16.7 Å². The van der Waals surface area contributed by atoms with E-state index < -0.39 is 0 Å². The van der Waals surface area contributed by atoms with Crippen LogP contribution < -0.4 is 0 Å². The van der Waals surface area contributed by atoms with Gasteiger partial charge in [-0.1, -0.05) is 11.8 Å². The number of rotatable bonds is 0. The fraction of sp³-hybridized carbons (Fsp3) is 0.250. The van der Waals surface area contributed by atoms with Crippen LogP contribution >= 0.6 is 11.8 Å². The third-order valence-corrected chi connectivity index (χ3v) is 2.85. The predicted molar refractivity (Wildman–Crippen MR) is 47.8 cm³/mol. The molecule has 1 N–H and O–H groups in total. The normalized spacial score (nSPS) is 26.6. The fourth-order valence-electron chi connectivity index (χ4n) is 1.19. The molecule has 0 aromatic carbocycles. The summed E-state index contributed by atoms with van der Waals surface area (Å²) in [6.07, 6.45) is 3.99. The summed E-state index contributed by atoms with van der Waals surface area (Å²) < 4.78 is 0. The van der Waals surface area contributed by atoms with Gasteiger partial charge >= 0.3 is 0 Å². The van der Waals surface area contributed by atoms with Crippen molar-refractivity contribution in [1.82, 2.24) is 0 Å². The number of thioether (sulfide) groups is 1. The molecule has 60 valence electrons. The predicted octanol–water partition coefficient (Wildman–Crippen LogP) is 1.75. The van der Waals surface area contributed by atoms with Crippen molar-refractivity contribution in [1.29, 1.82) is 5.26 Å². The van der Waals surface area contributed by atoms with Crippen molar-refractivity contribution in [2.24, 2.45) is 4.99 Å². The summed E-state index contributed by atoms with van der Waals surface area (Å²) in [5.41, 5.74) is 0.898. The molecule has 0 saturated carbocycles. The van der Waals surface area contributed by atoms with Gasteiger partial charge in [-0.3, -0.25) is 0 Å². The number of aliphatic hydroxyl groups is 1. The molecule has 0 aromatic heterocycles. The number of aliphatic imine (C=N–C) groups is 1. The van der Waals surface area contributed by atoms with Gasteiger partial charge < -0.3 is 5.11 Å². The van der Waals surface area contributed by atoms with Crippen LogP contribution in [0.2, 0.25) is 0 Å².